The number of hydrogen-bond donors (Lipinski definition) is 3. The normalized spacial score (nSPS) is 11.0. The van der Waals surface area contributed by atoms with Gasteiger partial charge in [-0.15, -0.1) is 0 Å². The number of anilines is 1. The van der Waals surface area contributed by atoms with Gasteiger partial charge in [0.25, 0.3) is 0 Å². The third kappa shape index (κ3) is 4.60. The average Bonchev–Trinajstić information content (AvgIpc) is 3.47. The Hall–Kier alpha value is -3.12. The van der Waals surface area contributed by atoms with E-state index in [1.54, 1.807) is 0 Å². The zero-order valence-corrected chi connectivity index (χ0v) is 21.5. The Labute approximate surface area is 212 Å². The van der Waals surface area contributed by atoms with Crippen LogP contribution in [0.4, 0.5) is 5.13 Å². The molecule has 6 rings (SSSR count). The van der Waals surface area contributed by atoms with E-state index in [9.17, 15) is 14.4 Å². The predicted molar refractivity (Wildman–Crippen MR) is 146 cm³/mol. The molecular formula is C23H15BrN4O3S3. The largest absolute Gasteiger partial charge is 0.312 e. The highest BCUT2D eigenvalue weighted by Gasteiger charge is 2.10. The first-order valence-corrected chi connectivity index (χ1v) is 13.2. The van der Waals surface area contributed by atoms with Gasteiger partial charge >= 0.3 is 9.75 Å². The minimum absolute atomic E-state index is 0.00750. The standard InChI is InChI=1S/C16H11N3O2S2.C7H4BrNOS/c1-8(20)17-15-18-11-6-5-9(7-13(11)22-15)10-3-2-4-12-14(10)19-16(21)23-12;8-4-2-1-3-5-6(4)9-7(10)11-5/h2-7H,1H3,(H,19,21)(H,17,18,20);1-3H,(H,9,10). The van der Waals surface area contributed by atoms with Crippen molar-refractivity contribution in [1.29, 1.82) is 0 Å². The lowest BCUT2D eigenvalue weighted by atomic mass is 10.0. The van der Waals surface area contributed by atoms with E-state index < -0.39 is 0 Å². The van der Waals surface area contributed by atoms with E-state index in [0.717, 1.165) is 46.2 Å². The maximum Gasteiger partial charge on any atom is 0.305 e. The quantitative estimate of drug-likeness (QED) is 0.231. The summed E-state index contributed by atoms with van der Waals surface area (Å²) in [5, 5.41) is 3.30. The fourth-order valence-corrected chi connectivity index (χ4v) is 6.52. The molecule has 0 fully saturated rings. The smallest absolute Gasteiger partial charge is 0.305 e. The number of benzene rings is 3. The van der Waals surface area contributed by atoms with Gasteiger partial charge in [-0.2, -0.15) is 0 Å². The number of amides is 1. The number of rotatable bonds is 2. The first-order valence-electron chi connectivity index (χ1n) is 9.95. The van der Waals surface area contributed by atoms with Crippen LogP contribution in [0.2, 0.25) is 0 Å². The van der Waals surface area contributed by atoms with Crippen LogP contribution in [0.15, 0.2) is 68.7 Å². The summed E-state index contributed by atoms with van der Waals surface area (Å²) in [7, 11) is 0. The summed E-state index contributed by atoms with van der Waals surface area (Å²) < 4.78 is 3.86. The van der Waals surface area contributed by atoms with Gasteiger partial charge in [0.2, 0.25) is 5.91 Å². The molecule has 0 aliphatic heterocycles. The topological polar surface area (TPSA) is 108 Å². The van der Waals surface area contributed by atoms with E-state index in [0.29, 0.717) is 5.13 Å². The van der Waals surface area contributed by atoms with E-state index in [2.05, 4.69) is 36.2 Å². The van der Waals surface area contributed by atoms with Crippen LogP contribution in [0, 0.1) is 0 Å². The Bertz CT molecular complexity index is 1790. The van der Waals surface area contributed by atoms with Crippen molar-refractivity contribution in [2.24, 2.45) is 0 Å². The molecule has 3 N–H and O–H groups in total. The van der Waals surface area contributed by atoms with Crippen molar-refractivity contribution in [2.45, 2.75) is 6.92 Å². The molecule has 34 heavy (non-hydrogen) atoms. The van der Waals surface area contributed by atoms with Gasteiger partial charge in [0, 0.05) is 17.0 Å². The molecule has 6 aromatic rings. The van der Waals surface area contributed by atoms with E-state index in [-0.39, 0.29) is 15.7 Å². The number of fused-ring (bicyclic) bond motifs is 3. The van der Waals surface area contributed by atoms with Crippen molar-refractivity contribution in [3.05, 3.63) is 78.4 Å². The van der Waals surface area contributed by atoms with Crippen LogP contribution in [-0.4, -0.2) is 20.9 Å². The second-order valence-electron chi connectivity index (χ2n) is 7.20. The number of aromatic amines is 2. The number of carbonyl (C=O) groups excluding carboxylic acids is 1. The lowest BCUT2D eigenvalue weighted by Gasteiger charge is -2.03. The zero-order valence-electron chi connectivity index (χ0n) is 17.5. The Morgan fingerprint density at radius 1 is 0.882 bits per heavy atom. The number of carbonyl (C=O) groups is 1. The Morgan fingerprint density at radius 3 is 2.26 bits per heavy atom. The maximum atomic E-state index is 11.6. The van der Waals surface area contributed by atoms with Crippen molar-refractivity contribution in [1.82, 2.24) is 15.0 Å². The number of nitrogens with zero attached hydrogens (tertiary/aromatic N) is 1. The van der Waals surface area contributed by atoms with Crippen LogP contribution < -0.4 is 15.1 Å². The Balaban J connectivity index is 0.000000183. The lowest BCUT2D eigenvalue weighted by Crippen LogP contribution is -2.04. The summed E-state index contributed by atoms with van der Waals surface area (Å²) in [5.41, 5.74) is 4.58. The summed E-state index contributed by atoms with van der Waals surface area (Å²) in [6.07, 6.45) is 0. The average molecular weight is 572 g/mol. The van der Waals surface area contributed by atoms with Crippen molar-refractivity contribution in [3.63, 3.8) is 0 Å². The van der Waals surface area contributed by atoms with Crippen LogP contribution >= 0.6 is 49.9 Å². The number of thiazole rings is 3. The van der Waals surface area contributed by atoms with Crippen molar-refractivity contribution < 1.29 is 4.79 Å². The first kappa shape index (κ1) is 22.7. The SMILES string of the molecule is CC(=O)Nc1nc2ccc(-c3cccc4sc(=O)[nH]c34)cc2s1.O=c1[nH]c2c(Br)cccc2s1. The molecular weight excluding hydrogens is 556 g/mol. The number of H-pyrrole nitrogens is 2. The van der Waals surface area contributed by atoms with Gasteiger partial charge in [-0.25, -0.2) is 4.98 Å². The van der Waals surface area contributed by atoms with Crippen molar-refractivity contribution in [2.75, 3.05) is 5.32 Å². The lowest BCUT2D eigenvalue weighted by molar-refractivity contribution is -0.114. The Kier molecular flexibility index (Phi) is 6.17. The number of nitrogens with one attached hydrogen (secondary N) is 3. The summed E-state index contributed by atoms with van der Waals surface area (Å²) in [5.74, 6) is -0.134. The van der Waals surface area contributed by atoms with Crippen molar-refractivity contribution in [3.8, 4) is 11.1 Å². The predicted octanol–water partition coefficient (Wildman–Crippen LogP) is 6.18. The van der Waals surface area contributed by atoms with E-state index >= 15 is 0 Å². The van der Waals surface area contributed by atoms with Gasteiger partial charge < -0.3 is 15.3 Å². The summed E-state index contributed by atoms with van der Waals surface area (Å²) in [6.45, 7) is 1.46. The third-order valence-corrected chi connectivity index (χ3v) is 8.13. The third-order valence-electron chi connectivity index (χ3n) is 4.84. The Morgan fingerprint density at radius 2 is 1.56 bits per heavy atom. The van der Waals surface area contributed by atoms with Crippen molar-refractivity contribution >= 4 is 91.6 Å². The van der Waals surface area contributed by atoms with Gasteiger partial charge in [-0.1, -0.05) is 58.3 Å². The molecule has 0 saturated heterocycles. The molecule has 0 atom stereocenters. The van der Waals surface area contributed by atoms with E-state index in [4.69, 9.17) is 0 Å². The number of para-hydroxylation sites is 2. The van der Waals surface area contributed by atoms with Gasteiger partial charge in [0.15, 0.2) is 5.13 Å². The minimum Gasteiger partial charge on any atom is -0.312 e. The first-order chi connectivity index (χ1) is 16.4. The van der Waals surface area contributed by atoms with Gasteiger partial charge in [-0.3, -0.25) is 14.4 Å². The maximum absolute atomic E-state index is 11.6. The number of hydrogen-bond acceptors (Lipinski definition) is 7. The molecule has 1 amide bonds. The minimum atomic E-state index is -0.134. The molecule has 0 aliphatic rings. The molecule has 11 heteroatoms. The molecule has 170 valence electrons. The summed E-state index contributed by atoms with van der Waals surface area (Å²) in [6, 6.07) is 17.5. The molecule has 7 nitrogen and oxygen atoms in total. The molecule has 0 aliphatic carbocycles. The highest BCUT2D eigenvalue weighted by atomic mass is 79.9. The van der Waals surface area contributed by atoms with E-state index in [1.807, 2.05) is 54.6 Å². The molecule has 0 radical (unpaired) electrons. The van der Waals surface area contributed by atoms with Crippen LogP contribution in [0.5, 0.6) is 0 Å². The highest BCUT2D eigenvalue weighted by molar-refractivity contribution is 9.10. The van der Waals surface area contributed by atoms with Crippen LogP contribution in [0.25, 0.3) is 41.8 Å². The molecule has 0 spiro atoms. The summed E-state index contributed by atoms with van der Waals surface area (Å²) in [4.78, 5) is 43.6. The van der Waals surface area contributed by atoms with Gasteiger partial charge in [-0.05, 0) is 51.8 Å². The number of aromatic nitrogens is 3. The van der Waals surface area contributed by atoms with Crippen LogP contribution in [0.3, 0.4) is 0 Å². The molecule has 3 heterocycles. The fraction of sp³-hybridized carbons (Fsp3) is 0.0435. The molecule has 3 aromatic carbocycles. The molecule has 0 unspecified atom stereocenters. The molecule has 3 aromatic heterocycles. The summed E-state index contributed by atoms with van der Waals surface area (Å²) >= 11 is 7.21. The van der Waals surface area contributed by atoms with E-state index in [1.165, 1.54) is 40.9 Å². The second-order valence-corrected chi connectivity index (χ2v) is 11.1. The fourth-order valence-electron chi connectivity index (χ4n) is 3.45. The zero-order chi connectivity index (χ0) is 23.8. The van der Waals surface area contributed by atoms with Gasteiger partial charge in [0.05, 0.1) is 30.6 Å². The van der Waals surface area contributed by atoms with Crippen LogP contribution in [0.1, 0.15) is 6.92 Å². The second kappa shape index (κ2) is 9.26. The van der Waals surface area contributed by atoms with Crippen LogP contribution in [-0.2, 0) is 4.79 Å². The molecule has 0 bridgehead atoms. The van der Waals surface area contributed by atoms with Gasteiger partial charge in [0.1, 0.15) is 0 Å². The number of halogens is 1. The molecule has 0 saturated carbocycles. The monoisotopic (exact) mass is 570 g/mol. The highest BCUT2D eigenvalue weighted by Crippen LogP contribution is 2.33.